The number of benzene rings is 1. The Morgan fingerprint density at radius 3 is 2.57 bits per heavy atom. The molecule has 2 rings (SSSR count). The molecular weight excluding hydrogens is 288 g/mol. The zero-order valence-electron chi connectivity index (χ0n) is 10.8. The molecule has 0 unspecified atom stereocenters. The highest BCUT2D eigenvalue weighted by Gasteiger charge is 2.35. The van der Waals surface area contributed by atoms with E-state index in [9.17, 15) is 18.4 Å². The first-order valence-corrected chi connectivity index (χ1v) is 6.20. The van der Waals surface area contributed by atoms with E-state index >= 15 is 0 Å². The summed E-state index contributed by atoms with van der Waals surface area (Å²) in [7, 11) is 0. The number of hydrogen-bond donors (Lipinski definition) is 2. The van der Waals surface area contributed by atoms with Crippen LogP contribution in [-0.4, -0.2) is 35.8 Å². The van der Waals surface area contributed by atoms with E-state index in [4.69, 9.17) is 9.84 Å². The van der Waals surface area contributed by atoms with Gasteiger partial charge in [0.25, 0.3) is 5.91 Å². The number of amides is 1. The van der Waals surface area contributed by atoms with Gasteiger partial charge in [0.05, 0.1) is 5.69 Å². The molecule has 2 atom stereocenters. The third kappa shape index (κ3) is 3.88. The standard InChI is InChI=1S/C13H13F2NO5/c14-13(15)21-8-4-2-1-3-7(8)16-11(17)9-5-6-10(20-9)12(18)19/h1-4,9-10,13H,5-6H2,(H,16,17)(H,18,19)/t9-,10+/m0/s1. The Labute approximate surface area is 118 Å². The minimum atomic E-state index is -3.01. The molecule has 114 valence electrons. The number of anilines is 1. The Balaban J connectivity index is 2.02. The van der Waals surface area contributed by atoms with Gasteiger partial charge in [-0.25, -0.2) is 4.79 Å². The highest BCUT2D eigenvalue weighted by Crippen LogP contribution is 2.27. The average molecular weight is 301 g/mol. The molecule has 0 spiro atoms. The van der Waals surface area contributed by atoms with Gasteiger partial charge in [-0.3, -0.25) is 4.79 Å². The van der Waals surface area contributed by atoms with Crippen LogP contribution in [0.15, 0.2) is 24.3 Å². The van der Waals surface area contributed by atoms with Gasteiger partial charge in [-0.2, -0.15) is 8.78 Å². The maximum absolute atomic E-state index is 12.3. The van der Waals surface area contributed by atoms with Crippen molar-refractivity contribution in [3.05, 3.63) is 24.3 Å². The number of nitrogens with one attached hydrogen (secondary N) is 1. The van der Waals surface area contributed by atoms with Crippen molar-refractivity contribution in [2.75, 3.05) is 5.32 Å². The first kappa shape index (κ1) is 15.2. The van der Waals surface area contributed by atoms with E-state index in [1.807, 2.05) is 0 Å². The SMILES string of the molecule is O=C(Nc1ccccc1OC(F)F)[C@@H]1CC[C@H](C(=O)O)O1. The maximum Gasteiger partial charge on any atom is 0.387 e. The molecule has 1 fully saturated rings. The molecule has 0 aliphatic carbocycles. The second-order valence-electron chi connectivity index (χ2n) is 4.39. The number of alkyl halides is 2. The van der Waals surface area contributed by atoms with E-state index in [0.717, 1.165) is 0 Å². The van der Waals surface area contributed by atoms with E-state index in [1.54, 1.807) is 6.07 Å². The second-order valence-corrected chi connectivity index (χ2v) is 4.39. The van der Waals surface area contributed by atoms with Crippen LogP contribution in [0.4, 0.5) is 14.5 Å². The molecule has 0 aromatic heterocycles. The number of hydrogen-bond acceptors (Lipinski definition) is 4. The predicted molar refractivity (Wildman–Crippen MR) is 67.2 cm³/mol. The summed E-state index contributed by atoms with van der Waals surface area (Å²) >= 11 is 0. The zero-order valence-corrected chi connectivity index (χ0v) is 10.8. The van der Waals surface area contributed by atoms with Crippen molar-refractivity contribution in [2.45, 2.75) is 31.7 Å². The Morgan fingerprint density at radius 2 is 1.95 bits per heavy atom. The summed E-state index contributed by atoms with van der Waals surface area (Å²) in [5, 5.41) is 11.2. The summed E-state index contributed by atoms with van der Waals surface area (Å²) in [6.07, 6.45) is -1.47. The van der Waals surface area contributed by atoms with Crippen LogP contribution in [0.5, 0.6) is 5.75 Å². The molecule has 1 aliphatic heterocycles. The van der Waals surface area contributed by atoms with Crippen molar-refractivity contribution < 1.29 is 33.0 Å². The van der Waals surface area contributed by atoms with Crippen molar-refractivity contribution in [1.29, 1.82) is 0 Å². The lowest BCUT2D eigenvalue weighted by atomic mass is 10.2. The maximum atomic E-state index is 12.3. The summed E-state index contributed by atoms with van der Waals surface area (Å²) < 4.78 is 33.9. The molecule has 1 heterocycles. The van der Waals surface area contributed by atoms with Gasteiger partial charge in [-0.05, 0) is 25.0 Å². The van der Waals surface area contributed by atoms with Gasteiger partial charge in [0, 0.05) is 0 Å². The molecule has 6 nitrogen and oxygen atoms in total. The first-order valence-electron chi connectivity index (χ1n) is 6.20. The van der Waals surface area contributed by atoms with Crippen molar-refractivity contribution >= 4 is 17.6 Å². The van der Waals surface area contributed by atoms with Crippen LogP contribution in [-0.2, 0) is 14.3 Å². The smallest absolute Gasteiger partial charge is 0.387 e. The largest absolute Gasteiger partial charge is 0.479 e. The minimum Gasteiger partial charge on any atom is -0.479 e. The highest BCUT2D eigenvalue weighted by molar-refractivity contribution is 5.96. The number of ether oxygens (including phenoxy) is 2. The van der Waals surface area contributed by atoms with E-state index < -0.39 is 30.7 Å². The van der Waals surface area contributed by atoms with E-state index in [2.05, 4.69) is 10.1 Å². The molecule has 21 heavy (non-hydrogen) atoms. The van der Waals surface area contributed by atoms with Gasteiger partial charge >= 0.3 is 12.6 Å². The fourth-order valence-corrected chi connectivity index (χ4v) is 1.99. The van der Waals surface area contributed by atoms with E-state index in [1.165, 1.54) is 18.2 Å². The summed E-state index contributed by atoms with van der Waals surface area (Å²) in [6.45, 7) is -3.01. The fraction of sp³-hybridized carbons (Fsp3) is 0.385. The Kier molecular flexibility index (Phi) is 4.69. The topological polar surface area (TPSA) is 84.9 Å². The quantitative estimate of drug-likeness (QED) is 0.867. The third-order valence-electron chi connectivity index (χ3n) is 2.95. The highest BCUT2D eigenvalue weighted by atomic mass is 19.3. The molecule has 0 saturated carbocycles. The molecule has 0 bridgehead atoms. The first-order chi connectivity index (χ1) is 9.97. The molecule has 0 radical (unpaired) electrons. The summed E-state index contributed by atoms with van der Waals surface area (Å²) in [6, 6.07) is 5.72. The Bertz CT molecular complexity index is 537. The lowest BCUT2D eigenvalue weighted by Crippen LogP contribution is -2.30. The van der Waals surface area contributed by atoms with E-state index in [0.29, 0.717) is 0 Å². The molecule has 1 aliphatic rings. The lowest BCUT2D eigenvalue weighted by Gasteiger charge is -2.14. The van der Waals surface area contributed by atoms with Crippen LogP contribution < -0.4 is 10.1 Å². The van der Waals surface area contributed by atoms with Crippen LogP contribution >= 0.6 is 0 Å². The molecule has 2 N–H and O–H groups in total. The number of para-hydroxylation sites is 2. The number of halogens is 2. The number of carbonyl (C=O) groups is 2. The predicted octanol–water partition coefficient (Wildman–Crippen LogP) is 1.86. The summed E-state index contributed by atoms with van der Waals surface area (Å²) in [4.78, 5) is 22.7. The summed E-state index contributed by atoms with van der Waals surface area (Å²) in [5.74, 6) is -1.90. The van der Waals surface area contributed by atoms with Crippen LogP contribution in [0, 0.1) is 0 Å². The minimum absolute atomic E-state index is 0.0742. The molecular formula is C13H13F2NO5. The van der Waals surface area contributed by atoms with Gasteiger partial charge in [0.1, 0.15) is 11.9 Å². The summed E-state index contributed by atoms with van der Waals surface area (Å²) in [5.41, 5.74) is 0.0742. The molecule has 1 aromatic carbocycles. The Hall–Kier alpha value is -2.22. The van der Waals surface area contributed by atoms with Crippen LogP contribution in [0.3, 0.4) is 0 Å². The van der Waals surface area contributed by atoms with E-state index in [-0.39, 0.29) is 24.3 Å². The number of carboxylic acids is 1. The second kappa shape index (κ2) is 6.49. The van der Waals surface area contributed by atoms with Gasteiger partial charge in [0.15, 0.2) is 6.10 Å². The number of aliphatic carboxylic acids is 1. The average Bonchev–Trinajstić information content (AvgIpc) is 2.90. The van der Waals surface area contributed by atoms with Crippen molar-refractivity contribution in [3.8, 4) is 5.75 Å². The van der Waals surface area contributed by atoms with Crippen molar-refractivity contribution in [3.63, 3.8) is 0 Å². The third-order valence-corrected chi connectivity index (χ3v) is 2.95. The number of carboxylic acid groups (broad SMARTS) is 1. The number of carbonyl (C=O) groups excluding carboxylic acids is 1. The Morgan fingerprint density at radius 1 is 1.29 bits per heavy atom. The molecule has 8 heteroatoms. The van der Waals surface area contributed by atoms with Gasteiger partial charge in [-0.1, -0.05) is 12.1 Å². The van der Waals surface area contributed by atoms with Crippen LogP contribution in [0.1, 0.15) is 12.8 Å². The van der Waals surface area contributed by atoms with Crippen molar-refractivity contribution in [1.82, 2.24) is 0 Å². The van der Waals surface area contributed by atoms with Crippen molar-refractivity contribution in [2.24, 2.45) is 0 Å². The van der Waals surface area contributed by atoms with Crippen LogP contribution in [0.2, 0.25) is 0 Å². The van der Waals surface area contributed by atoms with Gasteiger partial charge in [-0.15, -0.1) is 0 Å². The molecule has 1 amide bonds. The monoisotopic (exact) mass is 301 g/mol. The molecule has 1 aromatic rings. The number of rotatable bonds is 5. The van der Waals surface area contributed by atoms with Gasteiger partial charge < -0.3 is 19.9 Å². The van der Waals surface area contributed by atoms with Crippen LogP contribution in [0.25, 0.3) is 0 Å². The lowest BCUT2D eigenvalue weighted by molar-refractivity contribution is -0.150. The normalized spacial score (nSPS) is 21.3. The fourth-order valence-electron chi connectivity index (χ4n) is 1.99. The zero-order chi connectivity index (χ0) is 15.4. The molecule has 1 saturated heterocycles. The van der Waals surface area contributed by atoms with Gasteiger partial charge in [0.2, 0.25) is 0 Å².